The number of carbonyl (C=O) groups is 6. The largest absolute Gasteiger partial charge is 0.479 e. The number of pyridine rings is 2. The van der Waals surface area contributed by atoms with E-state index in [2.05, 4.69) is 49.8 Å². The van der Waals surface area contributed by atoms with Crippen molar-refractivity contribution >= 4 is 63.5 Å². The zero-order valence-corrected chi connectivity index (χ0v) is 50.4. The summed E-state index contributed by atoms with van der Waals surface area (Å²) >= 11 is 0. The summed E-state index contributed by atoms with van der Waals surface area (Å²) in [5.41, 5.74) is 13.6. The van der Waals surface area contributed by atoms with Crippen molar-refractivity contribution in [2.45, 2.75) is 112 Å². The van der Waals surface area contributed by atoms with E-state index in [1.54, 1.807) is 67.7 Å². The van der Waals surface area contributed by atoms with E-state index in [-0.39, 0.29) is 60.2 Å². The number of amides is 4. The number of benzene rings is 2. The molecule has 4 aromatic heterocycles. The van der Waals surface area contributed by atoms with Gasteiger partial charge in [0.25, 0.3) is 11.1 Å². The standard InChI is InChI=1S/C31H41N5O5.C18H22N4O.C12H20N2O5/c1-20(2)17-22-11-10-12-24-29(22)33-27(32-24)19-36-21(3)15-16-23(30(36)39)18-25(37)26(41-31(40)35(6)7)13-8-9-14-28(38)34(4)5;1-11(2)9-13-5-4-6-15-17(13)21-16(20-15)10-22-12(3)7-8-14(19)18(22)23;1-13(2)10(15)8-6-5-7-9(11(16)17)19-12(18)14(3)4/h9-12,14-16,20,26H,8,13,17-19H2,1-7H3,(H,32,33);4-8,11H,9-10,19H2,1-3H3,(H,20,21);6,8-9H,5,7H2,1-4H3,(H,16,17)/b14-9+;;8-6+/t26-;;9-/m0.0/s1. The number of H-pyrrole nitrogens is 2. The van der Waals surface area contributed by atoms with Gasteiger partial charge in [0.2, 0.25) is 17.9 Å². The van der Waals surface area contributed by atoms with E-state index in [0.717, 1.165) is 62.6 Å². The molecule has 0 saturated heterocycles. The van der Waals surface area contributed by atoms with Crippen molar-refractivity contribution in [3.05, 3.63) is 145 Å². The number of aryl methyl sites for hydroxylation is 2. The van der Waals surface area contributed by atoms with Crippen LogP contribution < -0.4 is 16.9 Å². The fourth-order valence-corrected chi connectivity index (χ4v) is 8.31. The molecular formula is C61H83N11O11. The number of ether oxygens (including phenoxy) is 2. The maximum absolute atomic E-state index is 13.5. The number of aromatic amines is 2. The Morgan fingerprint density at radius 3 is 1.43 bits per heavy atom. The first-order valence-electron chi connectivity index (χ1n) is 27.4. The SMILES string of the molecule is CN(C)C(=O)/C=C/CC[C@H](OC(=O)N(C)C)C(=O)O.Cc1ccc(CC(=O)[C@H](CC/C=C/C(=O)N(C)C)OC(=O)N(C)C)c(=O)n1Cc1nc2c(CC(C)C)cccc2[nH]1.Cc1ccc(N)c(=O)n1Cc1nc2c(CC(C)C)cccc2[nH]1. The van der Waals surface area contributed by atoms with Gasteiger partial charge in [0, 0.05) is 79.8 Å². The minimum absolute atomic E-state index is 0.117. The van der Waals surface area contributed by atoms with Crippen LogP contribution in [-0.2, 0) is 61.0 Å². The van der Waals surface area contributed by atoms with Crippen LogP contribution in [0.3, 0.4) is 0 Å². The number of rotatable bonds is 22. The molecule has 4 heterocycles. The first-order chi connectivity index (χ1) is 39.1. The van der Waals surface area contributed by atoms with Crippen molar-refractivity contribution in [3.8, 4) is 0 Å². The molecule has 0 spiro atoms. The number of carbonyl (C=O) groups excluding carboxylic acids is 5. The van der Waals surface area contributed by atoms with E-state index in [1.807, 2.05) is 44.2 Å². The van der Waals surface area contributed by atoms with Crippen LogP contribution in [-0.4, -0.2) is 158 Å². The van der Waals surface area contributed by atoms with E-state index in [0.29, 0.717) is 42.6 Å². The van der Waals surface area contributed by atoms with Crippen LogP contribution in [0.5, 0.6) is 0 Å². The molecule has 4 amide bonds. The van der Waals surface area contributed by atoms with Gasteiger partial charge in [-0.1, -0.05) is 70.2 Å². The molecule has 0 fully saturated rings. The summed E-state index contributed by atoms with van der Waals surface area (Å²) in [6, 6.07) is 19.2. The average Bonchev–Trinajstić information content (AvgIpc) is 4.24. The Morgan fingerprint density at radius 1 is 0.590 bits per heavy atom. The van der Waals surface area contributed by atoms with Gasteiger partial charge in [0.15, 0.2) is 11.9 Å². The summed E-state index contributed by atoms with van der Waals surface area (Å²) < 4.78 is 13.5. The Kier molecular flexibility index (Phi) is 25.2. The Bertz CT molecular complexity index is 3400. The lowest BCUT2D eigenvalue weighted by molar-refractivity contribution is -0.147. The Balaban J connectivity index is 0.000000296. The van der Waals surface area contributed by atoms with E-state index in [9.17, 15) is 38.4 Å². The molecule has 0 bridgehead atoms. The zero-order valence-electron chi connectivity index (χ0n) is 50.4. The number of hydrogen-bond donors (Lipinski definition) is 4. The van der Waals surface area contributed by atoms with Gasteiger partial charge >= 0.3 is 18.2 Å². The number of nitrogen functional groups attached to an aromatic ring is 1. The summed E-state index contributed by atoms with van der Waals surface area (Å²) in [6.45, 7) is 13.1. The number of imidazole rings is 2. The Labute approximate surface area is 485 Å². The molecule has 0 unspecified atom stereocenters. The molecule has 0 saturated carbocycles. The monoisotopic (exact) mass is 1150 g/mol. The fraction of sp³-hybridized carbons (Fsp3) is 0.443. The number of hydrogen-bond acceptors (Lipinski definition) is 13. The Hall–Kier alpha value is -8.82. The van der Waals surface area contributed by atoms with Crippen molar-refractivity contribution < 1.29 is 43.3 Å². The third-order valence-electron chi connectivity index (χ3n) is 12.9. The number of anilines is 1. The van der Waals surface area contributed by atoms with Crippen molar-refractivity contribution in [3.63, 3.8) is 0 Å². The number of carboxylic acid groups (broad SMARTS) is 1. The number of nitrogens with one attached hydrogen (secondary N) is 2. The molecule has 448 valence electrons. The lowest BCUT2D eigenvalue weighted by atomic mass is 10.0. The number of ketones is 1. The van der Waals surface area contributed by atoms with Gasteiger partial charge in [-0.2, -0.15) is 0 Å². The van der Waals surface area contributed by atoms with Crippen LogP contribution in [0.4, 0.5) is 15.3 Å². The highest BCUT2D eigenvalue weighted by Gasteiger charge is 2.26. The molecule has 22 heteroatoms. The minimum atomic E-state index is -1.21. The smallest absolute Gasteiger partial charge is 0.410 e. The molecule has 0 radical (unpaired) electrons. The average molecular weight is 1150 g/mol. The number of aliphatic carboxylic acids is 1. The molecule has 22 nitrogen and oxygen atoms in total. The van der Waals surface area contributed by atoms with Crippen LogP contribution in [0.1, 0.15) is 93.1 Å². The number of carboxylic acids is 1. The Morgan fingerprint density at radius 2 is 1.01 bits per heavy atom. The maximum atomic E-state index is 13.5. The van der Waals surface area contributed by atoms with Gasteiger partial charge in [-0.25, -0.2) is 24.4 Å². The molecule has 2 aromatic carbocycles. The van der Waals surface area contributed by atoms with Crippen molar-refractivity contribution in [1.82, 2.24) is 48.7 Å². The molecule has 0 aliphatic carbocycles. The number of para-hydroxylation sites is 2. The topological polar surface area (TPSA) is 281 Å². The van der Waals surface area contributed by atoms with Gasteiger partial charge in [0.1, 0.15) is 11.6 Å². The number of allylic oxidation sites excluding steroid dienone is 2. The summed E-state index contributed by atoms with van der Waals surface area (Å²) in [4.78, 5) is 118. The first kappa shape index (κ1) is 66.7. The number of nitrogens with zero attached hydrogens (tertiary/aromatic N) is 8. The van der Waals surface area contributed by atoms with Crippen LogP contribution in [0, 0.1) is 25.7 Å². The summed E-state index contributed by atoms with van der Waals surface area (Å²) in [6.07, 6.45) is 5.01. The van der Waals surface area contributed by atoms with Crippen LogP contribution in [0.15, 0.2) is 94.6 Å². The maximum Gasteiger partial charge on any atom is 0.410 e. The number of likely N-dealkylation sites (N-methyl/N-ethyl adjacent to an activating group) is 2. The molecule has 0 aliphatic heterocycles. The van der Waals surface area contributed by atoms with E-state index >= 15 is 0 Å². The predicted octanol–water partition coefficient (Wildman–Crippen LogP) is 7.31. The van der Waals surface area contributed by atoms with Gasteiger partial charge in [0.05, 0.1) is 40.8 Å². The van der Waals surface area contributed by atoms with E-state index in [1.165, 1.54) is 60.6 Å². The molecule has 6 rings (SSSR count). The lowest BCUT2D eigenvalue weighted by Crippen LogP contribution is -2.35. The minimum Gasteiger partial charge on any atom is -0.479 e. The molecule has 83 heavy (non-hydrogen) atoms. The number of Topliss-reactive ketones (excluding diaryl/α,β-unsaturated/α-hetero) is 1. The first-order valence-corrected chi connectivity index (χ1v) is 27.4. The highest BCUT2D eigenvalue weighted by atomic mass is 16.6. The highest BCUT2D eigenvalue weighted by Crippen LogP contribution is 2.22. The van der Waals surface area contributed by atoms with Crippen molar-refractivity contribution in [2.24, 2.45) is 11.8 Å². The van der Waals surface area contributed by atoms with Gasteiger partial charge in [-0.05, 0) is 118 Å². The number of nitrogens with two attached hydrogens (primary N) is 1. The third kappa shape index (κ3) is 20.3. The van der Waals surface area contributed by atoms with Crippen LogP contribution >= 0.6 is 0 Å². The fourth-order valence-electron chi connectivity index (χ4n) is 8.31. The summed E-state index contributed by atoms with van der Waals surface area (Å²) in [5, 5.41) is 8.91. The molecule has 2 atom stereocenters. The molecule has 0 aliphatic rings. The van der Waals surface area contributed by atoms with Crippen molar-refractivity contribution in [2.75, 3.05) is 62.1 Å². The normalized spacial score (nSPS) is 12.0. The van der Waals surface area contributed by atoms with E-state index < -0.39 is 30.4 Å². The number of fused-ring (bicyclic) bond motifs is 2. The lowest BCUT2D eigenvalue weighted by Gasteiger charge is -2.19. The van der Waals surface area contributed by atoms with Gasteiger partial charge in [-0.3, -0.25) is 24.0 Å². The number of aromatic nitrogens is 6. The molecule has 6 aromatic rings. The second-order valence-corrected chi connectivity index (χ2v) is 21.8. The van der Waals surface area contributed by atoms with Crippen LogP contribution in [0.2, 0.25) is 0 Å². The summed E-state index contributed by atoms with van der Waals surface area (Å²) in [7, 11) is 12.5. The predicted molar refractivity (Wildman–Crippen MR) is 321 cm³/mol. The molecule has 5 N–H and O–H groups in total. The van der Waals surface area contributed by atoms with Gasteiger partial charge in [-0.15, -0.1) is 0 Å². The zero-order chi connectivity index (χ0) is 61.8. The quantitative estimate of drug-likeness (QED) is 0.0485. The van der Waals surface area contributed by atoms with Crippen molar-refractivity contribution in [1.29, 1.82) is 0 Å². The van der Waals surface area contributed by atoms with Crippen LogP contribution in [0.25, 0.3) is 22.1 Å². The van der Waals surface area contributed by atoms with E-state index in [4.69, 9.17) is 30.3 Å². The second-order valence-electron chi connectivity index (χ2n) is 21.8. The summed E-state index contributed by atoms with van der Waals surface area (Å²) in [5.74, 6) is 0.520. The third-order valence-corrected chi connectivity index (χ3v) is 12.9. The second kappa shape index (κ2) is 31.4. The van der Waals surface area contributed by atoms with Gasteiger partial charge < -0.3 is 59.0 Å². The molecular weight excluding hydrogens is 1060 g/mol. The highest BCUT2D eigenvalue weighted by molar-refractivity contribution is 5.88.